The molecular formula is C22H18N2O2. The highest BCUT2D eigenvalue weighted by Gasteiger charge is 2.08. The number of benzene rings is 3. The lowest BCUT2D eigenvalue weighted by Gasteiger charge is -2.09. The largest absolute Gasteiger partial charge is 0.421 e. The minimum Gasteiger partial charge on any atom is -0.390 e. The molecule has 4 heteroatoms. The average Bonchev–Trinajstić information content (AvgIpc) is 2.67. The van der Waals surface area contributed by atoms with E-state index in [1.165, 1.54) is 0 Å². The lowest BCUT2D eigenvalue weighted by atomic mass is 10.2. The third kappa shape index (κ3) is 3.22. The number of rotatable bonds is 3. The van der Waals surface area contributed by atoms with Gasteiger partial charge in [-0.1, -0.05) is 60.2 Å². The van der Waals surface area contributed by atoms with Gasteiger partial charge < -0.3 is 4.42 Å². The summed E-state index contributed by atoms with van der Waals surface area (Å²) in [5.41, 5.74) is 4.09. The molecule has 0 amide bonds. The van der Waals surface area contributed by atoms with Crippen molar-refractivity contribution in [2.75, 3.05) is 0 Å². The fourth-order valence-corrected chi connectivity index (χ4v) is 2.92. The van der Waals surface area contributed by atoms with Crippen LogP contribution in [0.5, 0.6) is 0 Å². The Morgan fingerprint density at radius 2 is 1.58 bits per heavy atom. The van der Waals surface area contributed by atoms with Crippen LogP contribution >= 0.6 is 0 Å². The lowest BCUT2D eigenvalue weighted by Crippen LogP contribution is -2.26. The molecule has 26 heavy (non-hydrogen) atoms. The quantitative estimate of drug-likeness (QED) is 0.561. The molecule has 0 saturated heterocycles. The summed E-state index contributed by atoms with van der Waals surface area (Å²) in [4.78, 5) is 17.2. The van der Waals surface area contributed by atoms with Gasteiger partial charge >= 0.3 is 5.76 Å². The van der Waals surface area contributed by atoms with Crippen LogP contribution in [-0.4, -0.2) is 4.57 Å². The molecule has 0 N–H and O–H groups in total. The van der Waals surface area contributed by atoms with Gasteiger partial charge in [-0.15, -0.1) is 0 Å². The van der Waals surface area contributed by atoms with Crippen molar-refractivity contribution in [1.29, 1.82) is 0 Å². The van der Waals surface area contributed by atoms with E-state index in [4.69, 9.17) is 4.42 Å². The maximum absolute atomic E-state index is 12.6. The Morgan fingerprint density at radius 3 is 2.35 bits per heavy atom. The monoisotopic (exact) mass is 342 g/mol. The van der Waals surface area contributed by atoms with Gasteiger partial charge in [-0.05, 0) is 36.8 Å². The van der Waals surface area contributed by atoms with E-state index in [9.17, 15) is 4.79 Å². The van der Waals surface area contributed by atoms with Crippen LogP contribution in [0.2, 0.25) is 0 Å². The van der Waals surface area contributed by atoms with Crippen molar-refractivity contribution in [3.63, 3.8) is 0 Å². The summed E-state index contributed by atoms with van der Waals surface area (Å²) < 4.78 is 7.21. The summed E-state index contributed by atoms with van der Waals surface area (Å²) >= 11 is 0. The highest BCUT2D eigenvalue weighted by Crippen LogP contribution is 2.14. The predicted octanol–water partition coefficient (Wildman–Crippen LogP) is 4.18. The normalized spacial score (nSPS) is 11.8. The molecule has 4 rings (SSSR count). The summed E-state index contributed by atoms with van der Waals surface area (Å²) in [5, 5.41) is 0.809. The van der Waals surface area contributed by atoms with Crippen LogP contribution in [0.4, 0.5) is 5.69 Å². The Hall–Kier alpha value is -3.40. The molecule has 0 aliphatic rings. The molecule has 0 fully saturated rings. The summed E-state index contributed by atoms with van der Waals surface area (Å²) in [7, 11) is 0. The van der Waals surface area contributed by atoms with Crippen molar-refractivity contribution in [2.24, 2.45) is 4.99 Å². The second kappa shape index (κ2) is 6.84. The molecule has 3 aromatic carbocycles. The summed E-state index contributed by atoms with van der Waals surface area (Å²) in [6.07, 6.45) is 0. The first-order valence-electron chi connectivity index (χ1n) is 8.49. The molecule has 0 atom stereocenters. The number of aryl methyl sites for hydroxylation is 1. The summed E-state index contributed by atoms with van der Waals surface area (Å²) in [5.74, 6) is -0.418. The van der Waals surface area contributed by atoms with Gasteiger partial charge in [0.05, 0.1) is 23.1 Å². The van der Waals surface area contributed by atoms with Gasteiger partial charge in [0.2, 0.25) is 5.55 Å². The van der Waals surface area contributed by atoms with Crippen LogP contribution in [0.15, 0.2) is 93.1 Å². The van der Waals surface area contributed by atoms with Crippen molar-refractivity contribution in [3.05, 3.63) is 106 Å². The number of hydrogen-bond donors (Lipinski definition) is 0. The Bertz CT molecular complexity index is 1170. The maximum Gasteiger partial charge on any atom is 0.421 e. The van der Waals surface area contributed by atoms with Gasteiger partial charge in [0.15, 0.2) is 0 Å². The molecule has 0 bridgehead atoms. The molecule has 0 aliphatic carbocycles. The van der Waals surface area contributed by atoms with Gasteiger partial charge in [0, 0.05) is 0 Å². The van der Waals surface area contributed by atoms with E-state index < -0.39 is 5.76 Å². The molecule has 1 aromatic heterocycles. The van der Waals surface area contributed by atoms with E-state index in [1.54, 1.807) is 4.57 Å². The van der Waals surface area contributed by atoms with Crippen LogP contribution in [0.3, 0.4) is 0 Å². The van der Waals surface area contributed by atoms with E-state index in [-0.39, 0.29) is 0 Å². The topological polar surface area (TPSA) is 47.5 Å². The number of aromatic nitrogens is 1. The Balaban J connectivity index is 1.91. The zero-order chi connectivity index (χ0) is 17.9. The molecule has 0 spiro atoms. The van der Waals surface area contributed by atoms with Gasteiger partial charge in [-0.25, -0.2) is 9.79 Å². The number of para-hydroxylation sites is 1. The third-order valence-corrected chi connectivity index (χ3v) is 4.28. The van der Waals surface area contributed by atoms with E-state index >= 15 is 0 Å². The van der Waals surface area contributed by atoms with E-state index in [0.717, 1.165) is 27.7 Å². The van der Waals surface area contributed by atoms with E-state index in [1.807, 2.05) is 85.8 Å². The minimum atomic E-state index is -0.418. The zero-order valence-electron chi connectivity index (χ0n) is 14.4. The van der Waals surface area contributed by atoms with Crippen molar-refractivity contribution in [3.8, 4) is 0 Å². The Morgan fingerprint density at radius 1 is 0.885 bits per heavy atom. The van der Waals surface area contributed by atoms with E-state index in [0.29, 0.717) is 12.1 Å². The fraction of sp³-hybridized carbons (Fsp3) is 0.0909. The van der Waals surface area contributed by atoms with Crippen LogP contribution in [0.1, 0.15) is 11.1 Å². The maximum atomic E-state index is 12.6. The SMILES string of the molecule is Cc1ccc(N=c2oc(=O)n(Cc3ccccc3)c3ccccc23)cc1. The first-order valence-corrected chi connectivity index (χ1v) is 8.49. The smallest absolute Gasteiger partial charge is 0.390 e. The predicted molar refractivity (Wildman–Crippen MR) is 102 cm³/mol. The number of nitrogens with zero attached hydrogens (tertiary/aromatic N) is 2. The number of fused-ring (bicyclic) bond motifs is 1. The van der Waals surface area contributed by atoms with Gasteiger partial charge in [0.1, 0.15) is 0 Å². The van der Waals surface area contributed by atoms with Crippen LogP contribution in [0.25, 0.3) is 10.9 Å². The summed E-state index contributed by atoms with van der Waals surface area (Å²) in [6.45, 7) is 2.48. The van der Waals surface area contributed by atoms with Crippen molar-refractivity contribution < 1.29 is 4.42 Å². The highest BCUT2D eigenvalue weighted by atomic mass is 16.4. The van der Waals surface area contributed by atoms with Crippen LogP contribution in [0, 0.1) is 6.92 Å². The van der Waals surface area contributed by atoms with Gasteiger partial charge in [0.25, 0.3) is 0 Å². The summed E-state index contributed by atoms with van der Waals surface area (Å²) in [6, 6.07) is 25.3. The Labute approximate surface area is 150 Å². The standard InChI is InChI=1S/C22H18N2O2/c1-16-11-13-18(14-12-16)23-21-19-9-5-6-10-20(19)24(22(25)26-21)15-17-7-3-2-4-8-17/h2-14H,15H2,1H3. The third-order valence-electron chi connectivity index (χ3n) is 4.28. The average molecular weight is 342 g/mol. The molecule has 0 unspecified atom stereocenters. The van der Waals surface area contributed by atoms with Crippen molar-refractivity contribution in [2.45, 2.75) is 13.5 Å². The number of hydrogen-bond acceptors (Lipinski definition) is 3. The second-order valence-corrected chi connectivity index (χ2v) is 6.21. The first-order chi connectivity index (χ1) is 12.7. The van der Waals surface area contributed by atoms with Crippen LogP contribution < -0.4 is 11.3 Å². The molecule has 0 saturated carbocycles. The minimum absolute atomic E-state index is 0.332. The van der Waals surface area contributed by atoms with Crippen LogP contribution in [-0.2, 0) is 6.54 Å². The zero-order valence-corrected chi connectivity index (χ0v) is 14.4. The molecule has 128 valence electrons. The van der Waals surface area contributed by atoms with Gasteiger partial charge in [-0.3, -0.25) is 4.57 Å². The highest BCUT2D eigenvalue weighted by molar-refractivity contribution is 5.77. The molecule has 4 aromatic rings. The first kappa shape index (κ1) is 16.1. The van der Waals surface area contributed by atoms with E-state index in [2.05, 4.69) is 4.99 Å². The molecule has 0 aliphatic heterocycles. The molecule has 4 nitrogen and oxygen atoms in total. The molecule has 0 radical (unpaired) electrons. The lowest BCUT2D eigenvalue weighted by molar-refractivity contribution is 0.415. The molecule has 1 heterocycles. The molecular weight excluding hydrogens is 324 g/mol. The van der Waals surface area contributed by atoms with Gasteiger partial charge in [-0.2, -0.15) is 0 Å². The second-order valence-electron chi connectivity index (χ2n) is 6.21. The Kier molecular flexibility index (Phi) is 4.23. The van der Waals surface area contributed by atoms with Crippen molar-refractivity contribution >= 4 is 16.6 Å². The van der Waals surface area contributed by atoms with Crippen molar-refractivity contribution in [1.82, 2.24) is 4.57 Å². The fourth-order valence-electron chi connectivity index (χ4n) is 2.92.